The number of nitrogens with zero attached hydrogens (tertiary/aromatic N) is 4. The van der Waals surface area contributed by atoms with Gasteiger partial charge in [-0.05, 0) is 31.6 Å². The Labute approximate surface area is 123 Å². The van der Waals surface area contributed by atoms with Crippen LogP contribution in [0.3, 0.4) is 0 Å². The number of likely N-dealkylation sites (tertiary alicyclic amines) is 1. The van der Waals surface area contributed by atoms with E-state index in [1.165, 1.54) is 45.3 Å². The SMILES string of the molecule is CCCc1cn(C2CCN(CC(C)CCC)CC2)nn1. The van der Waals surface area contributed by atoms with Crippen molar-refractivity contribution >= 4 is 0 Å². The smallest absolute Gasteiger partial charge is 0.0827 e. The third-order valence-corrected chi connectivity index (χ3v) is 4.35. The molecule has 1 fully saturated rings. The highest BCUT2D eigenvalue weighted by molar-refractivity contribution is 4.94. The average molecular weight is 278 g/mol. The molecule has 0 spiro atoms. The Morgan fingerprint density at radius 3 is 2.65 bits per heavy atom. The van der Waals surface area contributed by atoms with Gasteiger partial charge in [0, 0.05) is 25.8 Å². The summed E-state index contributed by atoms with van der Waals surface area (Å²) >= 11 is 0. The van der Waals surface area contributed by atoms with Crippen molar-refractivity contribution in [2.45, 2.75) is 65.3 Å². The fourth-order valence-corrected chi connectivity index (χ4v) is 3.25. The summed E-state index contributed by atoms with van der Waals surface area (Å²) in [5.74, 6) is 0.832. The van der Waals surface area contributed by atoms with Gasteiger partial charge in [-0.3, -0.25) is 0 Å². The lowest BCUT2D eigenvalue weighted by molar-refractivity contribution is 0.157. The molecule has 0 saturated carbocycles. The minimum Gasteiger partial charge on any atom is -0.303 e. The molecule has 1 aromatic rings. The van der Waals surface area contributed by atoms with Crippen LogP contribution in [0.15, 0.2) is 6.20 Å². The Morgan fingerprint density at radius 1 is 1.25 bits per heavy atom. The van der Waals surface area contributed by atoms with E-state index in [2.05, 4.69) is 46.9 Å². The lowest BCUT2D eigenvalue weighted by Gasteiger charge is -2.33. The normalized spacial score (nSPS) is 19.4. The predicted octanol–water partition coefficient (Wildman–Crippen LogP) is 3.30. The van der Waals surface area contributed by atoms with Gasteiger partial charge in [-0.15, -0.1) is 5.10 Å². The summed E-state index contributed by atoms with van der Waals surface area (Å²) in [4.78, 5) is 2.63. The summed E-state index contributed by atoms with van der Waals surface area (Å²) < 4.78 is 2.11. The molecule has 2 rings (SSSR count). The van der Waals surface area contributed by atoms with Gasteiger partial charge in [0.25, 0.3) is 0 Å². The first-order chi connectivity index (χ1) is 9.72. The first kappa shape index (κ1) is 15.5. The topological polar surface area (TPSA) is 34.0 Å². The van der Waals surface area contributed by atoms with Crippen molar-refractivity contribution in [1.82, 2.24) is 19.9 Å². The van der Waals surface area contributed by atoms with Crippen molar-refractivity contribution < 1.29 is 0 Å². The van der Waals surface area contributed by atoms with E-state index in [-0.39, 0.29) is 0 Å². The molecule has 1 aromatic heterocycles. The summed E-state index contributed by atoms with van der Waals surface area (Å²) in [6, 6.07) is 0.561. The molecule has 1 aliphatic rings. The van der Waals surface area contributed by atoms with Crippen molar-refractivity contribution in [3.8, 4) is 0 Å². The second-order valence-corrected chi connectivity index (χ2v) is 6.37. The van der Waals surface area contributed by atoms with E-state index in [0.29, 0.717) is 6.04 Å². The van der Waals surface area contributed by atoms with E-state index in [1.54, 1.807) is 0 Å². The highest BCUT2D eigenvalue weighted by atomic mass is 15.4. The molecule has 0 amide bonds. The fourth-order valence-electron chi connectivity index (χ4n) is 3.25. The maximum Gasteiger partial charge on any atom is 0.0827 e. The van der Waals surface area contributed by atoms with Crippen LogP contribution in [0.1, 0.15) is 64.6 Å². The summed E-state index contributed by atoms with van der Waals surface area (Å²) in [6.07, 6.45) is 9.44. The molecule has 1 atom stereocenters. The largest absolute Gasteiger partial charge is 0.303 e. The lowest BCUT2D eigenvalue weighted by atomic mass is 10.0. The highest BCUT2D eigenvalue weighted by Crippen LogP contribution is 2.23. The minimum absolute atomic E-state index is 0.561. The van der Waals surface area contributed by atoms with E-state index >= 15 is 0 Å². The van der Waals surface area contributed by atoms with Crippen LogP contribution < -0.4 is 0 Å². The standard InChI is InChI=1S/C16H30N4/c1-4-6-14(3)12-19-10-8-16(9-11-19)20-13-15(7-5-2)17-18-20/h13-14,16H,4-12H2,1-3H3. The molecule has 4 nitrogen and oxygen atoms in total. The number of hydrogen-bond donors (Lipinski definition) is 0. The molecule has 0 aliphatic carbocycles. The third kappa shape index (κ3) is 4.30. The zero-order valence-electron chi connectivity index (χ0n) is 13.4. The Morgan fingerprint density at radius 2 is 2.00 bits per heavy atom. The minimum atomic E-state index is 0.561. The van der Waals surface area contributed by atoms with Gasteiger partial charge >= 0.3 is 0 Å². The molecule has 0 aromatic carbocycles. The van der Waals surface area contributed by atoms with Crippen LogP contribution in [0.5, 0.6) is 0 Å². The van der Waals surface area contributed by atoms with Gasteiger partial charge in [0.2, 0.25) is 0 Å². The van der Waals surface area contributed by atoms with E-state index in [4.69, 9.17) is 0 Å². The zero-order chi connectivity index (χ0) is 14.4. The van der Waals surface area contributed by atoms with E-state index in [0.717, 1.165) is 24.5 Å². The third-order valence-electron chi connectivity index (χ3n) is 4.35. The van der Waals surface area contributed by atoms with Crippen LogP contribution >= 0.6 is 0 Å². The first-order valence-electron chi connectivity index (χ1n) is 8.36. The number of rotatable bonds is 7. The zero-order valence-corrected chi connectivity index (χ0v) is 13.4. The van der Waals surface area contributed by atoms with Crippen molar-refractivity contribution in [1.29, 1.82) is 0 Å². The molecule has 114 valence electrons. The van der Waals surface area contributed by atoms with Gasteiger partial charge < -0.3 is 4.90 Å². The molecule has 0 radical (unpaired) electrons. The van der Waals surface area contributed by atoms with Gasteiger partial charge in [0.05, 0.1) is 11.7 Å². The maximum absolute atomic E-state index is 4.32. The Bertz CT molecular complexity index is 380. The van der Waals surface area contributed by atoms with Gasteiger partial charge in [0.1, 0.15) is 0 Å². The molecular weight excluding hydrogens is 248 g/mol. The summed E-state index contributed by atoms with van der Waals surface area (Å²) in [5.41, 5.74) is 1.14. The van der Waals surface area contributed by atoms with E-state index in [1.807, 2.05) is 0 Å². The molecule has 0 N–H and O–H groups in total. The molecule has 1 saturated heterocycles. The second-order valence-electron chi connectivity index (χ2n) is 6.37. The molecule has 1 aliphatic heterocycles. The summed E-state index contributed by atoms with van der Waals surface area (Å²) in [6.45, 7) is 10.5. The van der Waals surface area contributed by atoms with Crippen LogP contribution in [-0.2, 0) is 6.42 Å². The van der Waals surface area contributed by atoms with E-state index in [9.17, 15) is 0 Å². The predicted molar refractivity (Wildman–Crippen MR) is 82.8 cm³/mol. The van der Waals surface area contributed by atoms with Crippen LogP contribution in [0.25, 0.3) is 0 Å². The van der Waals surface area contributed by atoms with Gasteiger partial charge in [-0.25, -0.2) is 4.68 Å². The highest BCUT2D eigenvalue weighted by Gasteiger charge is 2.22. The number of piperidine rings is 1. The van der Waals surface area contributed by atoms with Gasteiger partial charge in [0.15, 0.2) is 0 Å². The molecule has 20 heavy (non-hydrogen) atoms. The first-order valence-corrected chi connectivity index (χ1v) is 8.36. The molecular formula is C16H30N4. The second kappa shape index (κ2) is 7.77. The van der Waals surface area contributed by atoms with Crippen molar-refractivity contribution in [2.24, 2.45) is 5.92 Å². The quantitative estimate of drug-likeness (QED) is 0.767. The van der Waals surface area contributed by atoms with Crippen LogP contribution in [0.2, 0.25) is 0 Å². The van der Waals surface area contributed by atoms with E-state index < -0.39 is 0 Å². The fraction of sp³-hybridized carbons (Fsp3) is 0.875. The lowest BCUT2D eigenvalue weighted by Crippen LogP contribution is -2.37. The van der Waals surface area contributed by atoms with Crippen molar-refractivity contribution in [2.75, 3.05) is 19.6 Å². The van der Waals surface area contributed by atoms with Crippen LogP contribution in [-0.4, -0.2) is 39.5 Å². The monoisotopic (exact) mass is 278 g/mol. The molecule has 4 heteroatoms. The number of aromatic nitrogens is 3. The van der Waals surface area contributed by atoms with Crippen LogP contribution in [0, 0.1) is 5.92 Å². The van der Waals surface area contributed by atoms with Crippen LogP contribution in [0.4, 0.5) is 0 Å². The molecule has 0 bridgehead atoms. The Balaban J connectivity index is 1.78. The molecule has 1 unspecified atom stereocenters. The van der Waals surface area contributed by atoms with Crippen molar-refractivity contribution in [3.05, 3.63) is 11.9 Å². The summed E-state index contributed by atoms with van der Waals surface area (Å²) in [5, 5.41) is 8.59. The Kier molecular flexibility index (Phi) is 6.02. The van der Waals surface area contributed by atoms with Gasteiger partial charge in [-0.2, -0.15) is 0 Å². The number of hydrogen-bond acceptors (Lipinski definition) is 3. The molecule has 2 heterocycles. The Hall–Kier alpha value is -0.900. The van der Waals surface area contributed by atoms with Crippen molar-refractivity contribution in [3.63, 3.8) is 0 Å². The maximum atomic E-state index is 4.32. The van der Waals surface area contributed by atoms with Gasteiger partial charge in [-0.1, -0.05) is 38.8 Å². The summed E-state index contributed by atoms with van der Waals surface area (Å²) in [7, 11) is 0. The number of aryl methyl sites for hydroxylation is 1. The average Bonchev–Trinajstić information content (AvgIpc) is 2.89.